The number of ketones is 1. The van der Waals surface area contributed by atoms with Gasteiger partial charge < -0.3 is 19.3 Å². The molecule has 39 heavy (non-hydrogen) atoms. The third-order valence-electron chi connectivity index (χ3n) is 6.77. The van der Waals surface area contributed by atoms with Gasteiger partial charge >= 0.3 is 5.97 Å². The van der Waals surface area contributed by atoms with E-state index in [-0.39, 0.29) is 28.1 Å². The van der Waals surface area contributed by atoms with Crippen LogP contribution in [0.1, 0.15) is 53.9 Å². The van der Waals surface area contributed by atoms with E-state index in [0.29, 0.717) is 22.6 Å². The minimum Gasteiger partial charge on any atom is -0.507 e. The molecule has 0 saturated carbocycles. The van der Waals surface area contributed by atoms with Crippen molar-refractivity contribution in [1.29, 1.82) is 0 Å². The van der Waals surface area contributed by atoms with Crippen molar-refractivity contribution in [2.45, 2.75) is 32.2 Å². The van der Waals surface area contributed by atoms with Crippen LogP contribution >= 0.6 is 0 Å². The maximum Gasteiger partial charge on any atom is 0.337 e. The molecule has 0 bridgehead atoms. The van der Waals surface area contributed by atoms with E-state index in [4.69, 9.17) is 14.2 Å². The summed E-state index contributed by atoms with van der Waals surface area (Å²) in [4.78, 5) is 40.3. The van der Waals surface area contributed by atoms with E-state index in [1.165, 1.54) is 38.4 Å². The predicted molar refractivity (Wildman–Crippen MR) is 147 cm³/mol. The SMILES string of the molecule is COC(=O)c1ccc(N2C(=O)C(=O)/C(=C(\O)c3ccc(OC)cc3OC)C2c2ccc(C(C)(C)C)cc2)cc1. The Kier molecular flexibility index (Phi) is 7.49. The fraction of sp³-hybridized carbons (Fsp3) is 0.258. The van der Waals surface area contributed by atoms with Gasteiger partial charge in [-0.05, 0) is 52.9 Å². The van der Waals surface area contributed by atoms with E-state index in [2.05, 4.69) is 20.8 Å². The quantitative estimate of drug-likeness (QED) is 0.197. The Morgan fingerprint density at radius 3 is 2.05 bits per heavy atom. The summed E-state index contributed by atoms with van der Waals surface area (Å²) >= 11 is 0. The summed E-state index contributed by atoms with van der Waals surface area (Å²) in [7, 11) is 4.23. The second-order valence-electron chi connectivity index (χ2n) is 10.1. The summed E-state index contributed by atoms with van der Waals surface area (Å²) in [6.07, 6.45) is 0. The average molecular weight is 530 g/mol. The molecule has 1 unspecified atom stereocenters. The van der Waals surface area contributed by atoms with Gasteiger partial charge in [-0.3, -0.25) is 14.5 Å². The van der Waals surface area contributed by atoms with Crippen LogP contribution in [-0.4, -0.2) is 44.1 Å². The van der Waals surface area contributed by atoms with Crippen LogP contribution in [0.25, 0.3) is 5.76 Å². The molecule has 8 heteroatoms. The van der Waals surface area contributed by atoms with Gasteiger partial charge in [-0.15, -0.1) is 0 Å². The number of aliphatic hydroxyl groups excluding tert-OH is 1. The van der Waals surface area contributed by atoms with Crippen LogP contribution in [0, 0.1) is 0 Å². The molecule has 1 fully saturated rings. The van der Waals surface area contributed by atoms with Gasteiger partial charge in [0.1, 0.15) is 17.3 Å². The first kappa shape index (κ1) is 27.4. The lowest BCUT2D eigenvalue weighted by Gasteiger charge is -2.27. The number of rotatable bonds is 6. The highest BCUT2D eigenvalue weighted by Crippen LogP contribution is 2.44. The van der Waals surface area contributed by atoms with Crippen LogP contribution in [0.5, 0.6) is 11.5 Å². The summed E-state index contributed by atoms with van der Waals surface area (Å²) < 4.78 is 15.5. The number of nitrogens with zero attached hydrogens (tertiary/aromatic N) is 1. The summed E-state index contributed by atoms with van der Waals surface area (Å²) in [6.45, 7) is 6.27. The monoisotopic (exact) mass is 529 g/mol. The lowest BCUT2D eigenvalue weighted by Crippen LogP contribution is -2.29. The summed E-state index contributed by atoms with van der Waals surface area (Å²) in [5, 5.41) is 11.5. The van der Waals surface area contributed by atoms with E-state index in [1.54, 1.807) is 30.3 Å². The largest absolute Gasteiger partial charge is 0.507 e. The Bertz CT molecular complexity index is 1450. The Balaban J connectivity index is 1.93. The maximum absolute atomic E-state index is 13.5. The molecule has 8 nitrogen and oxygen atoms in total. The fourth-order valence-electron chi connectivity index (χ4n) is 4.59. The normalized spacial score (nSPS) is 16.8. The molecule has 202 valence electrons. The van der Waals surface area contributed by atoms with Crippen molar-refractivity contribution >= 4 is 29.1 Å². The van der Waals surface area contributed by atoms with Crippen molar-refractivity contribution < 1.29 is 33.7 Å². The van der Waals surface area contributed by atoms with E-state index < -0.39 is 23.7 Å². The molecule has 1 heterocycles. The average Bonchev–Trinajstić information content (AvgIpc) is 3.21. The highest BCUT2D eigenvalue weighted by Gasteiger charge is 2.47. The number of carbonyl (C=O) groups is 3. The number of esters is 1. The fourth-order valence-corrected chi connectivity index (χ4v) is 4.59. The topological polar surface area (TPSA) is 102 Å². The number of ether oxygens (including phenoxy) is 3. The van der Waals surface area contributed by atoms with Crippen LogP contribution in [-0.2, 0) is 19.7 Å². The molecule has 0 aliphatic carbocycles. The molecular formula is C31H31NO7. The van der Waals surface area contributed by atoms with Gasteiger partial charge in [-0.1, -0.05) is 45.0 Å². The summed E-state index contributed by atoms with van der Waals surface area (Å²) in [5.74, 6) is -1.76. The Morgan fingerprint density at radius 1 is 0.872 bits per heavy atom. The number of anilines is 1. The maximum atomic E-state index is 13.5. The van der Waals surface area contributed by atoms with Crippen LogP contribution in [0.15, 0.2) is 72.3 Å². The van der Waals surface area contributed by atoms with Crippen LogP contribution in [0.4, 0.5) is 5.69 Å². The van der Waals surface area contributed by atoms with Gasteiger partial charge in [0.25, 0.3) is 11.7 Å². The second kappa shape index (κ2) is 10.6. The molecule has 0 spiro atoms. The zero-order valence-electron chi connectivity index (χ0n) is 22.8. The van der Waals surface area contributed by atoms with Gasteiger partial charge in [0.05, 0.1) is 44.1 Å². The van der Waals surface area contributed by atoms with Gasteiger partial charge in [0.2, 0.25) is 0 Å². The summed E-state index contributed by atoms with van der Waals surface area (Å²) in [5.41, 5.74) is 2.44. The molecule has 1 atom stereocenters. The van der Waals surface area contributed by atoms with Gasteiger partial charge in [-0.25, -0.2) is 4.79 Å². The Labute approximate surface area is 227 Å². The van der Waals surface area contributed by atoms with Gasteiger partial charge in [-0.2, -0.15) is 0 Å². The van der Waals surface area contributed by atoms with E-state index in [1.807, 2.05) is 24.3 Å². The minimum absolute atomic E-state index is 0.0796. The number of aliphatic hydroxyl groups is 1. The number of carbonyl (C=O) groups excluding carboxylic acids is 3. The smallest absolute Gasteiger partial charge is 0.337 e. The number of methoxy groups -OCH3 is 3. The number of hydrogen-bond acceptors (Lipinski definition) is 7. The predicted octanol–water partition coefficient (Wildman–Crippen LogP) is 5.41. The first-order valence-electron chi connectivity index (χ1n) is 12.3. The molecule has 1 aliphatic heterocycles. The number of benzene rings is 3. The lowest BCUT2D eigenvalue weighted by atomic mass is 9.85. The number of Topliss-reactive ketones (excluding diaryl/α,β-unsaturated/α-hetero) is 1. The van der Waals surface area contributed by atoms with Crippen molar-refractivity contribution in [1.82, 2.24) is 0 Å². The van der Waals surface area contributed by atoms with Crippen molar-refractivity contribution in [3.05, 3.63) is 94.6 Å². The highest BCUT2D eigenvalue weighted by atomic mass is 16.5. The molecule has 1 amide bonds. The molecule has 3 aromatic rings. The minimum atomic E-state index is -0.935. The Morgan fingerprint density at radius 2 is 1.51 bits per heavy atom. The lowest BCUT2D eigenvalue weighted by molar-refractivity contribution is -0.132. The zero-order chi connectivity index (χ0) is 28.5. The molecule has 1 N–H and O–H groups in total. The molecule has 4 rings (SSSR count). The molecular weight excluding hydrogens is 498 g/mol. The van der Waals surface area contributed by atoms with E-state index in [0.717, 1.165) is 5.56 Å². The highest BCUT2D eigenvalue weighted by molar-refractivity contribution is 6.51. The van der Waals surface area contributed by atoms with Gasteiger partial charge in [0, 0.05) is 11.8 Å². The molecule has 0 radical (unpaired) electrons. The van der Waals surface area contributed by atoms with Crippen LogP contribution < -0.4 is 14.4 Å². The van der Waals surface area contributed by atoms with Crippen LogP contribution in [0.3, 0.4) is 0 Å². The third kappa shape index (κ3) is 5.10. The first-order valence-corrected chi connectivity index (χ1v) is 12.3. The molecule has 1 aliphatic rings. The molecule has 0 aromatic heterocycles. The van der Waals surface area contributed by atoms with E-state index >= 15 is 0 Å². The Hall–Kier alpha value is -4.59. The summed E-state index contributed by atoms with van der Waals surface area (Å²) in [6, 6.07) is 17.6. The second-order valence-corrected chi connectivity index (χ2v) is 10.1. The molecule has 3 aromatic carbocycles. The van der Waals surface area contributed by atoms with Crippen molar-refractivity contribution in [3.63, 3.8) is 0 Å². The van der Waals surface area contributed by atoms with Gasteiger partial charge in [0.15, 0.2) is 0 Å². The molecule has 1 saturated heterocycles. The van der Waals surface area contributed by atoms with Crippen molar-refractivity contribution in [3.8, 4) is 11.5 Å². The zero-order valence-corrected chi connectivity index (χ0v) is 22.8. The van der Waals surface area contributed by atoms with Crippen molar-refractivity contribution in [2.24, 2.45) is 0 Å². The van der Waals surface area contributed by atoms with Crippen molar-refractivity contribution in [2.75, 3.05) is 26.2 Å². The third-order valence-corrected chi connectivity index (χ3v) is 6.77. The van der Waals surface area contributed by atoms with E-state index in [9.17, 15) is 19.5 Å². The number of amides is 1. The standard InChI is InChI=1S/C31H31NO7/c1-31(2,3)20-11-7-18(8-12-20)26-25(27(33)23-16-15-22(37-4)17-24(23)38-5)28(34)29(35)32(26)21-13-9-19(10-14-21)30(36)39-6/h7-17,26,33H,1-6H3/b27-25-. The first-order chi connectivity index (χ1) is 18.5. The van der Waals surface area contributed by atoms with Crippen LogP contribution in [0.2, 0.25) is 0 Å². The number of hydrogen-bond donors (Lipinski definition) is 1.